The number of benzene rings is 1. The third-order valence-corrected chi connectivity index (χ3v) is 4.60. The van der Waals surface area contributed by atoms with Crippen LogP contribution in [0.3, 0.4) is 0 Å². The third-order valence-electron chi connectivity index (χ3n) is 4.60. The zero-order valence-electron chi connectivity index (χ0n) is 14.4. The lowest BCUT2D eigenvalue weighted by molar-refractivity contribution is -0.155. The van der Waals surface area contributed by atoms with Crippen LogP contribution in [0.5, 0.6) is 0 Å². The monoisotopic (exact) mass is 317 g/mol. The Hall–Kier alpha value is -1.84. The van der Waals surface area contributed by atoms with Gasteiger partial charge in [-0.1, -0.05) is 43.0 Å². The number of amides is 1. The summed E-state index contributed by atoms with van der Waals surface area (Å²) < 4.78 is 5.22. The second-order valence-corrected chi connectivity index (χ2v) is 6.52. The van der Waals surface area contributed by atoms with Crippen molar-refractivity contribution in [1.82, 2.24) is 5.32 Å². The molecule has 1 aliphatic rings. The summed E-state index contributed by atoms with van der Waals surface area (Å²) in [5, 5.41) is 2.99. The minimum absolute atomic E-state index is 0.105. The molecule has 0 saturated heterocycles. The Kier molecular flexibility index (Phi) is 5.80. The van der Waals surface area contributed by atoms with Crippen LogP contribution in [0.25, 0.3) is 0 Å². The standard InChI is InChI=1S/C19H27NO3/c1-4-23-18(22)19(10-6-5-7-11-19)20-17(21)13-16-9-8-14(2)12-15(16)3/h8-9,12H,4-7,10-11,13H2,1-3H3,(H,20,21). The van der Waals surface area contributed by atoms with Crippen molar-refractivity contribution in [1.29, 1.82) is 0 Å². The van der Waals surface area contributed by atoms with Crippen molar-refractivity contribution in [2.24, 2.45) is 0 Å². The first-order chi connectivity index (χ1) is 11.0. The normalized spacial score (nSPS) is 16.7. The Morgan fingerprint density at radius 2 is 1.87 bits per heavy atom. The van der Waals surface area contributed by atoms with Crippen LogP contribution in [0, 0.1) is 13.8 Å². The molecule has 1 saturated carbocycles. The van der Waals surface area contributed by atoms with Crippen molar-refractivity contribution in [2.45, 2.75) is 64.8 Å². The SMILES string of the molecule is CCOC(=O)C1(NC(=O)Cc2ccc(C)cc2C)CCCCC1. The minimum atomic E-state index is -0.829. The molecule has 1 aliphatic carbocycles. The van der Waals surface area contributed by atoms with Gasteiger partial charge in [0.15, 0.2) is 0 Å². The maximum Gasteiger partial charge on any atom is 0.331 e. The molecule has 0 heterocycles. The lowest BCUT2D eigenvalue weighted by atomic mass is 9.81. The summed E-state index contributed by atoms with van der Waals surface area (Å²) in [4.78, 5) is 24.9. The van der Waals surface area contributed by atoms with Crippen molar-refractivity contribution in [3.05, 3.63) is 34.9 Å². The average Bonchev–Trinajstić information content (AvgIpc) is 2.51. The molecule has 0 aliphatic heterocycles. The van der Waals surface area contributed by atoms with Gasteiger partial charge in [0.05, 0.1) is 13.0 Å². The van der Waals surface area contributed by atoms with E-state index >= 15 is 0 Å². The van der Waals surface area contributed by atoms with E-state index in [-0.39, 0.29) is 11.9 Å². The number of nitrogens with one attached hydrogen (secondary N) is 1. The lowest BCUT2D eigenvalue weighted by Gasteiger charge is -2.35. The second kappa shape index (κ2) is 7.62. The number of hydrogen-bond acceptors (Lipinski definition) is 3. The highest BCUT2D eigenvalue weighted by Crippen LogP contribution is 2.29. The van der Waals surface area contributed by atoms with Crippen molar-refractivity contribution in [3.8, 4) is 0 Å². The molecule has 0 bridgehead atoms. The van der Waals surface area contributed by atoms with Gasteiger partial charge in [-0.15, -0.1) is 0 Å². The number of esters is 1. The highest BCUT2D eigenvalue weighted by atomic mass is 16.5. The predicted octanol–water partition coefficient (Wildman–Crippen LogP) is 3.23. The molecule has 0 radical (unpaired) electrons. The van der Waals surface area contributed by atoms with Gasteiger partial charge in [0.2, 0.25) is 5.91 Å². The Bertz CT molecular complexity index is 574. The number of aryl methyl sites for hydroxylation is 2. The van der Waals surface area contributed by atoms with E-state index in [0.29, 0.717) is 25.9 Å². The molecule has 1 amide bonds. The van der Waals surface area contributed by atoms with E-state index in [0.717, 1.165) is 30.4 Å². The molecule has 1 fully saturated rings. The molecule has 0 aromatic heterocycles. The van der Waals surface area contributed by atoms with E-state index in [2.05, 4.69) is 11.4 Å². The Morgan fingerprint density at radius 1 is 1.17 bits per heavy atom. The smallest absolute Gasteiger partial charge is 0.331 e. The molecule has 0 atom stereocenters. The van der Waals surface area contributed by atoms with Crippen LogP contribution in [0.2, 0.25) is 0 Å². The second-order valence-electron chi connectivity index (χ2n) is 6.52. The molecule has 1 N–H and O–H groups in total. The maximum atomic E-state index is 12.5. The van der Waals surface area contributed by atoms with Crippen LogP contribution in [0.15, 0.2) is 18.2 Å². The third kappa shape index (κ3) is 4.34. The number of rotatable bonds is 5. The van der Waals surface area contributed by atoms with Gasteiger partial charge in [-0.25, -0.2) is 4.79 Å². The van der Waals surface area contributed by atoms with Crippen LogP contribution < -0.4 is 5.32 Å². The van der Waals surface area contributed by atoms with Gasteiger partial charge in [0, 0.05) is 0 Å². The lowest BCUT2D eigenvalue weighted by Crippen LogP contribution is -2.56. The van der Waals surface area contributed by atoms with Gasteiger partial charge in [-0.05, 0) is 44.7 Å². The van der Waals surface area contributed by atoms with Gasteiger partial charge in [-0.3, -0.25) is 4.79 Å². The van der Waals surface area contributed by atoms with Gasteiger partial charge >= 0.3 is 5.97 Å². The summed E-state index contributed by atoms with van der Waals surface area (Å²) in [7, 11) is 0. The molecular weight excluding hydrogens is 290 g/mol. The van der Waals surface area contributed by atoms with E-state index in [9.17, 15) is 9.59 Å². The van der Waals surface area contributed by atoms with Gasteiger partial charge in [-0.2, -0.15) is 0 Å². The summed E-state index contributed by atoms with van der Waals surface area (Å²) in [5.41, 5.74) is 2.46. The van der Waals surface area contributed by atoms with E-state index in [4.69, 9.17) is 4.74 Å². The minimum Gasteiger partial charge on any atom is -0.464 e. The van der Waals surface area contributed by atoms with Crippen LogP contribution >= 0.6 is 0 Å². The summed E-state index contributed by atoms with van der Waals surface area (Å²) in [5.74, 6) is -0.388. The largest absolute Gasteiger partial charge is 0.464 e. The first kappa shape index (κ1) is 17.5. The molecule has 1 aromatic rings. The fourth-order valence-electron chi connectivity index (χ4n) is 3.33. The fourth-order valence-corrected chi connectivity index (χ4v) is 3.33. The van der Waals surface area contributed by atoms with E-state index < -0.39 is 5.54 Å². The molecule has 126 valence electrons. The molecule has 1 aromatic carbocycles. The van der Waals surface area contributed by atoms with Crippen molar-refractivity contribution >= 4 is 11.9 Å². The summed E-state index contributed by atoms with van der Waals surface area (Å²) in [6.07, 6.45) is 4.64. The maximum absolute atomic E-state index is 12.5. The van der Waals surface area contributed by atoms with Crippen molar-refractivity contribution in [3.63, 3.8) is 0 Å². The van der Waals surface area contributed by atoms with Crippen molar-refractivity contribution in [2.75, 3.05) is 6.61 Å². The zero-order chi connectivity index (χ0) is 16.9. The van der Waals surface area contributed by atoms with Gasteiger partial charge < -0.3 is 10.1 Å². The van der Waals surface area contributed by atoms with E-state index in [1.807, 2.05) is 26.0 Å². The molecule has 23 heavy (non-hydrogen) atoms. The number of ether oxygens (including phenoxy) is 1. The predicted molar refractivity (Wildman–Crippen MR) is 90.2 cm³/mol. The molecule has 0 spiro atoms. The highest BCUT2D eigenvalue weighted by Gasteiger charge is 2.42. The number of carbonyl (C=O) groups excluding carboxylic acids is 2. The van der Waals surface area contributed by atoms with Gasteiger partial charge in [0.25, 0.3) is 0 Å². The molecular formula is C19H27NO3. The molecule has 4 nitrogen and oxygen atoms in total. The van der Waals surface area contributed by atoms with Gasteiger partial charge in [0.1, 0.15) is 5.54 Å². The summed E-state index contributed by atoms with van der Waals surface area (Å²) in [6, 6.07) is 6.07. The topological polar surface area (TPSA) is 55.4 Å². The zero-order valence-corrected chi connectivity index (χ0v) is 14.4. The van der Waals surface area contributed by atoms with Crippen LogP contribution in [0.1, 0.15) is 55.7 Å². The summed E-state index contributed by atoms with van der Waals surface area (Å²) in [6.45, 7) is 6.19. The Morgan fingerprint density at radius 3 is 2.48 bits per heavy atom. The van der Waals surface area contributed by atoms with Crippen LogP contribution in [0.4, 0.5) is 0 Å². The van der Waals surface area contributed by atoms with E-state index in [1.165, 1.54) is 5.56 Å². The van der Waals surface area contributed by atoms with Crippen LogP contribution in [-0.4, -0.2) is 24.0 Å². The Labute approximate surface area is 138 Å². The average molecular weight is 317 g/mol. The Balaban J connectivity index is 2.09. The first-order valence-corrected chi connectivity index (χ1v) is 8.51. The summed E-state index contributed by atoms with van der Waals surface area (Å²) >= 11 is 0. The number of hydrogen-bond donors (Lipinski definition) is 1. The molecule has 2 rings (SSSR count). The molecule has 4 heteroatoms. The van der Waals surface area contributed by atoms with Crippen LogP contribution in [-0.2, 0) is 20.7 Å². The quantitative estimate of drug-likeness (QED) is 0.848. The first-order valence-electron chi connectivity index (χ1n) is 8.51. The molecule has 0 unspecified atom stereocenters. The highest BCUT2D eigenvalue weighted by molar-refractivity contribution is 5.89. The number of carbonyl (C=O) groups is 2. The van der Waals surface area contributed by atoms with E-state index in [1.54, 1.807) is 6.92 Å². The fraction of sp³-hybridized carbons (Fsp3) is 0.579. The van der Waals surface area contributed by atoms with Crippen molar-refractivity contribution < 1.29 is 14.3 Å².